The van der Waals surface area contributed by atoms with Crippen molar-refractivity contribution < 1.29 is 9.21 Å². The molecule has 0 radical (unpaired) electrons. The number of anilines is 1. The Balaban J connectivity index is 1.76. The number of hydrogen-bond acceptors (Lipinski definition) is 4. The van der Waals surface area contributed by atoms with E-state index in [1.54, 1.807) is 6.20 Å². The Morgan fingerprint density at radius 2 is 2.32 bits per heavy atom. The van der Waals surface area contributed by atoms with E-state index in [1.807, 2.05) is 31.2 Å². The maximum Gasteiger partial charge on any atom is 0.238 e. The molecular weight excluding hydrogens is 310 g/mol. The zero-order chi connectivity index (χ0) is 13.7. The lowest BCUT2D eigenvalue weighted by atomic mass is 10.3. The average molecular weight is 324 g/mol. The Morgan fingerprint density at radius 1 is 1.47 bits per heavy atom. The lowest BCUT2D eigenvalue weighted by Crippen LogP contribution is -2.27. The Morgan fingerprint density at radius 3 is 3.00 bits per heavy atom. The van der Waals surface area contributed by atoms with E-state index in [0.29, 0.717) is 12.4 Å². The molecule has 1 aromatic carbocycles. The topological polar surface area (TPSA) is 67.2 Å². The van der Waals surface area contributed by atoms with Gasteiger partial charge in [0.2, 0.25) is 11.8 Å². The molecule has 100 valence electrons. The number of aryl methyl sites for hydroxylation is 1. The molecule has 1 heterocycles. The summed E-state index contributed by atoms with van der Waals surface area (Å²) in [5.41, 5.74) is 0.758. The van der Waals surface area contributed by atoms with Crippen molar-refractivity contribution in [2.45, 2.75) is 13.5 Å². The lowest BCUT2D eigenvalue weighted by Gasteiger charge is -2.05. The van der Waals surface area contributed by atoms with Crippen LogP contribution in [0.2, 0.25) is 0 Å². The van der Waals surface area contributed by atoms with Crippen molar-refractivity contribution >= 4 is 27.5 Å². The first kappa shape index (κ1) is 13.8. The molecule has 0 unspecified atom stereocenters. The minimum atomic E-state index is -0.110. The zero-order valence-corrected chi connectivity index (χ0v) is 12.0. The van der Waals surface area contributed by atoms with Gasteiger partial charge in [-0.2, -0.15) is 0 Å². The Bertz CT molecular complexity index is 569. The first-order valence-electron chi connectivity index (χ1n) is 5.81. The molecule has 2 aromatic rings. The van der Waals surface area contributed by atoms with Crippen molar-refractivity contribution in [1.29, 1.82) is 0 Å². The van der Waals surface area contributed by atoms with Crippen LogP contribution in [-0.4, -0.2) is 17.4 Å². The van der Waals surface area contributed by atoms with E-state index in [2.05, 4.69) is 31.5 Å². The van der Waals surface area contributed by atoms with Gasteiger partial charge in [0.05, 0.1) is 19.3 Å². The molecule has 0 aliphatic rings. The van der Waals surface area contributed by atoms with Gasteiger partial charge in [-0.3, -0.25) is 10.1 Å². The van der Waals surface area contributed by atoms with Crippen molar-refractivity contribution in [1.82, 2.24) is 10.3 Å². The Hall–Kier alpha value is -1.66. The van der Waals surface area contributed by atoms with Crippen molar-refractivity contribution in [3.63, 3.8) is 0 Å². The number of nitrogens with zero attached hydrogens (tertiary/aromatic N) is 1. The summed E-state index contributed by atoms with van der Waals surface area (Å²) in [7, 11) is 0. The Kier molecular flexibility index (Phi) is 4.70. The molecule has 2 N–H and O–H groups in total. The van der Waals surface area contributed by atoms with Gasteiger partial charge in [-0.15, -0.1) is 0 Å². The summed E-state index contributed by atoms with van der Waals surface area (Å²) in [6, 6.07) is 7.44. The fourth-order valence-corrected chi connectivity index (χ4v) is 1.94. The van der Waals surface area contributed by atoms with Crippen LogP contribution in [0.5, 0.6) is 0 Å². The van der Waals surface area contributed by atoms with E-state index in [9.17, 15) is 4.79 Å². The van der Waals surface area contributed by atoms with Gasteiger partial charge < -0.3 is 9.73 Å². The van der Waals surface area contributed by atoms with Crippen molar-refractivity contribution in [3.8, 4) is 0 Å². The van der Waals surface area contributed by atoms with Crippen LogP contribution >= 0.6 is 15.9 Å². The number of carbonyl (C=O) groups is 1. The predicted molar refractivity (Wildman–Crippen MR) is 75.7 cm³/mol. The maximum atomic E-state index is 11.7. The van der Waals surface area contributed by atoms with Crippen LogP contribution in [0.25, 0.3) is 0 Å². The highest BCUT2D eigenvalue weighted by Crippen LogP contribution is 2.15. The molecule has 19 heavy (non-hydrogen) atoms. The summed E-state index contributed by atoms with van der Waals surface area (Å²) in [5, 5.41) is 5.76. The molecular formula is C13H14BrN3O2. The number of halogens is 1. The third kappa shape index (κ3) is 4.50. The largest absolute Gasteiger partial charge is 0.445 e. The SMILES string of the molecule is Cc1cnc(CNCC(=O)Nc2cccc(Br)c2)o1. The summed E-state index contributed by atoms with van der Waals surface area (Å²) in [6.07, 6.45) is 1.65. The van der Waals surface area contributed by atoms with Gasteiger partial charge >= 0.3 is 0 Å². The molecule has 0 aliphatic heterocycles. The molecule has 0 aliphatic carbocycles. The second-order valence-electron chi connectivity index (χ2n) is 4.03. The quantitative estimate of drug-likeness (QED) is 0.887. The van der Waals surface area contributed by atoms with E-state index < -0.39 is 0 Å². The van der Waals surface area contributed by atoms with Crippen LogP contribution in [0, 0.1) is 6.92 Å². The molecule has 6 heteroatoms. The fraction of sp³-hybridized carbons (Fsp3) is 0.231. The molecule has 0 saturated carbocycles. The van der Waals surface area contributed by atoms with E-state index >= 15 is 0 Å². The van der Waals surface area contributed by atoms with Crippen LogP contribution in [0.3, 0.4) is 0 Å². The molecule has 1 amide bonds. The number of benzene rings is 1. The minimum Gasteiger partial charge on any atom is -0.445 e. The van der Waals surface area contributed by atoms with Gasteiger partial charge in [0, 0.05) is 10.2 Å². The van der Waals surface area contributed by atoms with Gasteiger partial charge in [-0.25, -0.2) is 4.98 Å². The van der Waals surface area contributed by atoms with Crippen LogP contribution < -0.4 is 10.6 Å². The van der Waals surface area contributed by atoms with Crippen LogP contribution in [-0.2, 0) is 11.3 Å². The molecule has 0 saturated heterocycles. The number of aromatic nitrogens is 1. The summed E-state index contributed by atoms with van der Waals surface area (Å²) in [5.74, 6) is 1.23. The highest BCUT2D eigenvalue weighted by molar-refractivity contribution is 9.10. The van der Waals surface area contributed by atoms with E-state index in [4.69, 9.17) is 4.42 Å². The summed E-state index contributed by atoms with van der Waals surface area (Å²) >= 11 is 3.35. The number of nitrogens with one attached hydrogen (secondary N) is 2. The summed E-state index contributed by atoms with van der Waals surface area (Å²) < 4.78 is 6.21. The third-order valence-corrected chi connectivity index (χ3v) is 2.83. The lowest BCUT2D eigenvalue weighted by molar-refractivity contribution is -0.115. The average Bonchev–Trinajstić information content (AvgIpc) is 2.75. The number of rotatable bonds is 5. The van der Waals surface area contributed by atoms with Gasteiger partial charge in [0.1, 0.15) is 5.76 Å². The van der Waals surface area contributed by atoms with Crippen LogP contribution in [0.1, 0.15) is 11.7 Å². The number of hydrogen-bond donors (Lipinski definition) is 2. The van der Waals surface area contributed by atoms with Gasteiger partial charge in [-0.1, -0.05) is 22.0 Å². The number of carbonyl (C=O) groups excluding carboxylic acids is 1. The highest BCUT2D eigenvalue weighted by Gasteiger charge is 2.04. The third-order valence-electron chi connectivity index (χ3n) is 2.34. The maximum absolute atomic E-state index is 11.7. The van der Waals surface area contributed by atoms with Crippen LogP contribution in [0.4, 0.5) is 5.69 Å². The summed E-state index contributed by atoms with van der Waals surface area (Å²) in [4.78, 5) is 15.7. The zero-order valence-electron chi connectivity index (χ0n) is 10.4. The standard InChI is InChI=1S/C13H14BrN3O2/c1-9-6-16-13(19-9)8-15-7-12(18)17-11-4-2-3-10(14)5-11/h2-6,15H,7-8H2,1H3,(H,17,18). The van der Waals surface area contributed by atoms with Crippen molar-refractivity contribution in [2.24, 2.45) is 0 Å². The first-order chi connectivity index (χ1) is 9.13. The molecule has 0 atom stereocenters. The van der Waals surface area contributed by atoms with Crippen molar-refractivity contribution in [2.75, 3.05) is 11.9 Å². The molecule has 5 nitrogen and oxygen atoms in total. The Labute approximate surface area is 119 Å². The van der Waals surface area contributed by atoms with E-state index in [1.165, 1.54) is 0 Å². The number of oxazole rings is 1. The normalized spacial score (nSPS) is 10.4. The van der Waals surface area contributed by atoms with Gasteiger partial charge in [-0.05, 0) is 25.1 Å². The second kappa shape index (κ2) is 6.49. The smallest absolute Gasteiger partial charge is 0.238 e. The van der Waals surface area contributed by atoms with Crippen molar-refractivity contribution in [3.05, 3.63) is 46.6 Å². The van der Waals surface area contributed by atoms with E-state index in [-0.39, 0.29) is 12.5 Å². The molecule has 0 fully saturated rings. The fourth-order valence-electron chi connectivity index (χ4n) is 1.54. The second-order valence-corrected chi connectivity index (χ2v) is 4.94. The monoisotopic (exact) mass is 323 g/mol. The first-order valence-corrected chi connectivity index (χ1v) is 6.60. The number of amides is 1. The molecule has 0 spiro atoms. The predicted octanol–water partition coefficient (Wildman–Crippen LogP) is 2.47. The van der Waals surface area contributed by atoms with Gasteiger partial charge in [0.15, 0.2) is 0 Å². The summed E-state index contributed by atoms with van der Waals surface area (Å²) in [6.45, 7) is 2.46. The van der Waals surface area contributed by atoms with Crippen LogP contribution in [0.15, 0.2) is 39.4 Å². The van der Waals surface area contributed by atoms with E-state index in [0.717, 1.165) is 15.9 Å². The van der Waals surface area contributed by atoms with Gasteiger partial charge in [0.25, 0.3) is 0 Å². The highest BCUT2D eigenvalue weighted by atomic mass is 79.9. The molecule has 1 aromatic heterocycles. The molecule has 0 bridgehead atoms. The minimum absolute atomic E-state index is 0.110. The molecule has 2 rings (SSSR count).